The molecule has 180 valence electrons. The number of methoxy groups -OCH3 is 1. The molecule has 0 spiro atoms. The molecule has 2 fully saturated rings. The minimum Gasteiger partial charge on any atom is -0.493 e. The number of ether oxygens (including phenoxy) is 2. The van der Waals surface area contributed by atoms with Crippen LogP contribution in [0.5, 0.6) is 11.5 Å². The average Bonchev–Trinajstić information content (AvgIpc) is 3.48. The lowest BCUT2D eigenvalue weighted by atomic mass is 10.1. The third kappa shape index (κ3) is 7.42. The Hall–Kier alpha value is -1.71. The molecule has 1 saturated heterocycles. The number of hydrogen-bond acceptors (Lipinski definition) is 4. The molecule has 0 aromatic heterocycles. The van der Waals surface area contributed by atoms with Gasteiger partial charge in [-0.25, -0.2) is 4.99 Å². The predicted molar refractivity (Wildman–Crippen MR) is 139 cm³/mol. The largest absolute Gasteiger partial charge is 0.493 e. The second kappa shape index (κ2) is 13.7. The van der Waals surface area contributed by atoms with Gasteiger partial charge in [-0.15, -0.1) is 24.0 Å². The minimum atomic E-state index is 0. The van der Waals surface area contributed by atoms with Crippen molar-refractivity contribution >= 4 is 35.8 Å². The zero-order valence-corrected chi connectivity index (χ0v) is 22.0. The number of likely N-dealkylation sites (tertiary alicyclic amines) is 1. The van der Waals surface area contributed by atoms with Crippen molar-refractivity contribution in [1.82, 2.24) is 15.5 Å². The molecule has 1 atom stereocenters. The molecule has 1 unspecified atom stereocenters. The fourth-order valence-electron chi connectivity index (χ4n) is 4.33. The summed E-state index contributed by atoms with van der Waals surface area (Å²) in [6.07, 6.45) is 6.42. The van der Waals surface area contributed by atoms with Crippen molar-refractivity contribution < 1.29 is 14.3 Å². The number of benzene rings is 1. The smallest absolute Gasteiger partial charge is 0.225 e. The Morgan fingerprint density at radius 3 is 2.66 bits per heavy atom. The van der Waals surface area contributed by atoms with Crippen molar-refractivity contribution in [2.45, 2.75) is 65.0 Å². The number of hydrogen-bond donors (Lipinski definition) is 2. The highest BCUT2D eigenvalue weighted by Crippen LogP contribution is 2.29. The van der Waals surface area contributed by atoms with Crippen molar-refractivity contribution in [3.63, 3.8) is 0 Å². The summed E-state index contributed by atoms with van der Waals surface area (Å²) in [6.45, 7) is 7.74. The van der Waals surface area contributed by atoms with Crippen molar-refractivity contribution in [3.8, 4) is 11.5 Å². The van der Waals surface area contributed by atoms with Crippen LogP contribution in [0.25, 0.3) is 0 Å². The fourth-order valence-corrected chi connectivity index (χ4v) is 4.33. The van der Waals surface area contributed by atoms with Gasteiger partial charge in [0.1, 0.15) is 0 Å². The molecule has 0 radical (unpaired) electrons. The van der Waals surface area contributed by atoms with Crippen molar-refractivity contribution in [2.24, 2.45) is 10.9 Å². The molecule has 1 aromatic rings. The Labute approximate surface area is 209 Å². The molecule has 1 saturated carbocycles. The van der Waals surface area contributed by atoms with Crippen LogP contribution in [0.2, 0.25) is 0 Å². The molecule has 7 nitrogen and oxygen atoms in total. The van der Waals surface area contributed by atoms with E-state index < -0.39 is 0 Å². The normalized spacial score (nSPS) is 18.9. The average molecular weight is 559 g/mol. The molecule has 1 aromatic carbocycles. The maximum Gasteiger partial charge on any atom is 0.225 e. The molecular weight excluding hydrogens is 519 g/mol. The van der Waals surface area contributed by atoms with Crippen LogP contribution < -0.4 is 20.1 Å². The van der Waals surface area contributed by atoms with Crippen LogP contribution in [-0.2, 0) is 11.3 Å². The molecule has 32 heavy (non-hydrogen) atoms. The summed E-state index contributed by atoms with van der Waals surface area (Å²) in [5.74, 6) is 2.88. The number of halogens is 1. The van der Waals surface area contributed by atoms with Crippen LogP contribution in [0.3, 0.4) is 0 Å². The summed E-state index contributed by atoms with van der Waals surface area (Å²) in [5, 5.41) is 6.85. The first-order valence-electron chi connectivity index (χ1n) is 11.8. The zero-order chi connectivity index (χ0) is 22.1. The molecule has 1 heterocycles. The SMILES string of the molecule is CCCOc1ccc(CN=C(NCC)NC2CCN(C(=O)C3CCCC3)C2)cc1OC.I. The van der Waals surface area contributed by atoms with E-state index in [9.17, 15) is 4.79 Å². The first-order valence-corrected chi connectivity index (χ1v) is 11.8. The highest BCUT2D eigenvalue weighted by molar-refractivity contribution is 14.0. The van der Waals surface area contributed by atoms with E-state index in [1.807, 2.05) is 23.1 Å². The quantitative estimate of drug-likeness (QED) is 0.273. The van der Waals surface area contributed by atoms with Crippen LogP contribution in [-0.4, -0.2) is 56.2 Å². The van der Waals surface area contributed by atoms with Gasteiger partial charge >= 0.3 is 0 Å². The number of nitrogens with one attached hydrogen (secondary N) is 2. The molecular formula is C24H39IN4O3. The standard InChI is InChI=1S/C24H38N4O3.HI/c1-4-14-31-21-11-10-18(15-22(21)30-3)16-26-24(25-5-2)27-20-12-13-28(17-20)23(29)19-8-6-7-9-19;/h10-11,15,19-20H,4-9,12-14,16-17H2,1-3H3,(H2,25,26,27);1H. The molecule has 0 bridgehead atoms. The molecule has 1 aliphatic carbocycles. The number of guanidine groups is 1. The molecule has 2 aliphatic rings. The summed E-state index contributed by atoms with van der Waals surface area (Å²) >= 11 is 0. The van der Waals surface area contributed by atoms with Crippen LogP contribution in [0, 0.1) is 5.92 Å². The Morgan fingerprint density at radius 2 is 1.97 bits per heavy atom. The summed E-state index contributed by atoms with van der Waals surface area (Å²) in [4.78, 5) is 19.5. The Bertz CT molecular complexity index is 753. The van der Waals surface area contributed by atoms with E-state index in [1.54, 1.807) is 7.11 Å². The van der Waals surface area contributed by atoms with Gasteiger partial charge in [-0.1, -0.05) is 25.8 Å². The number of nitrogens with zero attached hydrogens (tertiary/aromatic N) is 2. The van der Waals surface area contributed by atoms with Crippen LogP contribution in [0.15, 0.2) is 23.2 Å². The number of carbonyl (C=O) groups excluding carboxylic acids is 1. The summed E-state index contributed by atoms with van der Waals surface area (Å²) in [7, 11) is 1.66. The van der Waals surface area contributed by atoms with E-state index in [1.165, 1.54) is 12.8 Å². The second-order valence-electron chi connectivity index (χ2n) is 8.42. The third-order valence-corrected chi connectivity index (χ3v) is 6.00. The molecule has 2 N–H and O–H groups in total. The second-order valence-corrected chi connectivity index (χ2v) is 8.42. The first kappa shape index (κ1) is 26.5. The van der Waals surface area contributed by atoms with Gasteiger partial charge in [0.05, 0.1) is 20.3 Å². The molecule has 1 aliphatic heterocycles. The molecule has 1 amide bonds. The van der Waals surface area contributed by atoms with E-state index in [0.717, 1.165) is 68.3 Å². The number of aliphatic imine (C=N–C) groups is 1. The van der Waals surface area contributed by atoms with Crippen molar-refractivity contribution in [2.75, 3.05) is 33.4 Å². The Kier molecular flexibility index (Phi) is 11.4. The van der Waals surface area contributed by atoms with Crippen LogP contribution >= 0.6 is 24.0 Å². The van der Waals surface area contributed by atoms with Crippen LogP contribution in [0.4, 0.5) is 0 Å². The maximum atomic E-state index is 12.7. The van der Waals surface area contributed by atoms with Gasteiger partial charge in [-0.3, -0.25) is 4.79 Å². The molecule has 8 heteroatoms. The topological polar surface area (TPSA) is 75.2 Å². The van der Waals surface area contributed by atoms with Gasteiger partial charge in [-0.2, -0.15) is 0 Å². The number of amides is 1. The molecule has 3 rings (SSSR count). The van der Waals surface area contributed by atoms with E-state index in [4.69, 9.17) is 14.5 Å². The van der Waals surface area contributed by atoms with Gasteiger partial charge in [0, 0.05) is 31.6 Å². The lowest BCUT2D eigenvalue weighted by molar-refractivity contribution is -0.134. The number of rotatable bonds is 9. The lowest BCUT2D eigenvalue weighted by Gasteiger charge is -2.21. The van der Waals surface area contributed by atoms with Gasteiger partial charge in [0.15, 0.2) is 17.5 Å². The van der Waals surface area contributed by atoms with Crippen molar-refractivity contribution in [1.29, 1.82) is 0 Å². The van der Waals surface area contributed by atoms with Gasteiger partial charge < -0.3 is 25.0 Å². The summed E-state index contributed by atoms with van der Waals surface area (Å²) in [6, 6.07) is 6.19. The van der Waals surface area contributed by atoms with Crippen LogP contribution in [0.1, 0.15) is 57.9 Å². The fraction of sp³-hybridized carbons (Fsp3) is 0.667. The Balaban J connectivity index is 0.00000363. The third-order valence-electron chi connectivity index (χ3n) is 6.00. The van der Waals surface area contributed by atoms with Gasteiger partial charge in [0.2, 0.25) is 5.91 Å². The maximum absolute atomic E-state index is 12.7. The van der Waals surface area contributed by atoms with E-state index >= 15 is 0 Å². The van der Waals surface area contributed by atoms with Gasteiger partial charge in [-0.05, 0) is 50.3 Å². The highest BCUT2D eigenvalue weighted by atomic mass is 127. The minimum absolute atomic E-state index is 0. The zero-order valence-electron chi connectivity index (χ0n) is 19.7. The lowest BCUT2D eigenvalue weighted by Crippen LogP contribution is -2.45. The summed E-state index contributed by atoms with van der Waals surface area (Å²) in [5.41, 5.74) is 1.06. The van der Waals surface area contributed by atoms with Crippen molar-refractivity contribution in [3.05, 3.63) is 23.8 Å². The predicted octanol–water partition coefficient (Wildman–Crippen LogP) is 3.95. The first-order chi connectivity index (χ1) is 15.1. The highest BCUT2D eigenvalue weighted by Gasteiger charge is 2.32. The number of carbonyl (C=O) groups is 1. The van der Waals surface area contributed by atoms with E-state index in [0.29, 0.717) is 19.1 Å². The van der Waals surface area contributed by atoms with E-state index in [2.05, 4.69) is 24.5 Å². The Morgan fingerprint density at radius 1 is 1.19 bits per heavy atom. The summed E-state index contributed by atoms with van der Waals surface area (Å²) < 4.78 is 11.2. The van der Waals surface area contributed by atoms with E-state index in [-0.39, 0.29) is 35.9 Å². The van der Waals surface area contributed by atoms with Gasteiger partial charge in [0.25, 0.3) is 0 Å². The monoisotopic (exact) mass is 558 g/mol.